The third kappa shape index (κ3) is 3.64. The predicted octanol–water partition coefficient (Wildman–Crippen LogP) is 3.18. The molecule has 21 heavy (non-hydrogen) atoms. The van der Waals surface area contributed by atoms with Crippen LogP contribution in [0.3, 0.4) is 0 Å². The lowest BCUT2D eigenvalue weighted by Gasteiger charge is -2.16. The molecule has 0 saturated carbocycles. The molecule has 112 valence electrons. The Morgan fingerprint density at radius 2 is 1.90 bits per heavy atom. The minimum atomic E-state index is 0.0437. The molecule has 0 aliphatic rings. The molecule has 0 aliphatic carbocycles. The molecule has 1 atom stereocenters. The van der Waals surface area contributed by atoms with E-state index < -0.39 is 0 Å². The first-order chi connectivity index (χ1) is 10.2. The van der Waals surface area contributed by atoms with Crippen molar-refractivity contribution in [3.63, 3.8) is 0 Å². The zero-order chi connectivity index (χ0) is 15.2. The minimum Gasteiger partial charge on any atom is -0.493 e. The Balaban J connectivity index is 2.25. The van der Waals surface area contributed by atoms with Gasteiger partial charge in [-0.15, -0.1) is 0 Å². The first-order valence-electron chi connectivity index (χ1n) is 6.39. The number of aromatic nitrogens is 2. The van der Waals surface area contributed by atoms with E-state index in [0.29, 0.717) is 18.1 Å². The number of benzene rings is 1. The molecule has 1 aromatic carbocycles. The predicted molar refractivity (Wildman–Crippen MR) is 83.5 cm³/mol. The lowest BCUT2D eigenvalue weighted by molar-refractivity contribution is 0.351. The molecule has 0 aliphatic heterocycles. The van der Waals surface area contributed by atoms with Gasteiger partial charge < -0.3 is 14.2 Å². The van der Waals surface area contributed by atoms with Gasteiger partial charge in [-0.1, -0.05) is 28.1 Å². The first-order valence-corrected chi connectivity index (χ1v) is 7.31. The van der Waals surface area contributed by atoms with Gasteiger partial charge in [-0.25, -0.2) is 9.97 Å². The zero-order valence-corrected chi connectivity index (χ0v) is 13.8. The van der Waals surface area contributed by atoms with Crippen LogP contribution >= 0.6 is 15.9 Å². The Morgan fingerprint density at radius 3 is 2.57 bits per heavy atom. The number of halogens is 1. The van der Waals surface area contributed by atoms with Crippen molar-refractivity contribution >= 4 is 15.9 Å². The van der Waals surface area contributed by atoms with Crippen LogP contribution in [0.25, 0.3) is 0 Å². The Morgan fingerprint density at radius 1 is 1.10 bits per heavy atom. The SMILES string of the molecule is COc1cc(CC(Br)c2cccc(OC)c2OC)ncn1. The summed E-state index contributed by atoms with van der Waals surface area (Å²) in [6.07, 6.45) is 2.18. The number of alkyl halides is 1. The van der Waals surface area contributed by atoms with Gasteiger partial charge in [0.1, 0.15) is 6.33 Å². The number of rotatable bonds is 6. The molecule has 2 rings (SSSR count). The van der Waals surface area contributed by atoms with Crippen molar-refractivity contribution in [2.45, 2.75) is 11.2 Å². The van der Waals surface area contributed by atoms with E-state index in [0.717, 1.165) is 17.0 Å². The lowest BCUT2D eigenvalue weighted by Crippen LogP contribution is -2.02. The van der Waals surface area contributed by atoms with Gasteiger partial charge in [0.05, 0.1) is 21.3 Å². The van der Waals surface area contributed by atoms with Crippen molar-refractivity contribution < 1.29 is 14.2 Å². The Labute approximate surface area is 132 Å². The van der Waals surface area contributed by atoms with Gasteiger partial charge in [-0.2, -0.15) is 0 Å². The fraction of sp³-hybridized carbons (Fsp3) is 0.333. The fourth-order valence-electron chi connectivity index (χ4n) is 2.05. The van der Waals surface area contributed by atoms with Crippen molar-refractivity contribution in [2.75, 3.05) is 21.3 Å². The Kier molecular flexibility index (Phi) is 5.38. The van der Waals surface area contributed by atoms with E-state index in [9.17, 15) is 0 Å². The molecule has 1 aromatic heterocycles. The van der Waals surface area contributed by atoms with Gasteiger partial charge in [0.15, 0.2) is 11.5 Å². The summed E-state index contributed by atoms with van der Waals surface area (Å²) in [6.45, 7) is 0. The van der Waals surface area contributed by atoms with Gasteiger partial charge >= 0.3 is 0 Å². The van der Waals surface area contributed by atoms with Crippen LogP contribution in [0.4, 0.5) is 0 Å². The van der Waals surface area contributed by atoms with Gasteiger partial charge in [0.2, 0.25) is 5.88 Å². The van der Waals surface area contributed by atoms with Crippen LogP contribution in [-0.2, 0) is 6.42 Å². The normalized spacial score (nSPS) is 11.8. The molecule has 1 unspecified atom stereocenters. The maximum Gasteiger partial charge on any atom is 0.216 e. The Bertz CT molecular complexity index is 607. The highest BCUT2D eigenvalue weighted by molar-refractivity contribution is 9.09. The highest BCUT2D eigenvalue weighted by Crippen LogP contribution is 2.39. The molecule has 0 amide bonds. The van der Waals surface area contributed by atoms with Crippen LogP contribution in [0, 0.1) is 0 Å². The summed E-state index contributed by atoms with van der Waals surface area (Å²) < 4.78 is 15.9. The zero-order valence-electron chi connectivity index (χ0n) is 12.2. The summed E-state index contributed by atoms with van der Waals surface area (Å²) in [4.78, 5) is 8.31. The van der Waals surface area contributed by atoms with E-state index >= 15 is 0 Å². The highest BCUT2D eigenvalue weighted by atomic mass is 79.9. The van der Waals surface area contributed by atoms with E-state index in [1.807, 2.05) is 24.3 Å². The number of hydrogen-bond donors (Lipinski definition) is 0. The van der Waals surface area contributed by atoms with E-state index in [2.05, 4.69) is 25.9 Å². The van der Waals surface area contributed by atoms with Gasteiger partial charge in [0, 0.05) is 28.6 Å². The number of methoxy groups -OCH3 is 3. The fourth-order valence-corrected chi connectivity index (χ4v) is 2.74. The van der Waals surface area contributed by atoms with Crippen molar-refractivity contribution in [1.82, 2.24) is 9.97 Å². The number of nitrogens with zero attached hydrogens (tertiary/aromatic N) is 2. The maximum absolute atomic E-state index is 5.46. The van der Waals surface area contributed by atoms with Crippen LogP contribution in [0.15, 0.2) is 30.6 Å². The second-order valence-corrected chi connectivity index (χ2v) is 5.41. The van der Waals surface area contributed by atoms with Crippen molar-refractivity contribution in [1.29, 1.82) is 0 Å². The summed E-state index contributed by atoms with van der Waals surface area (Å²) >= 11 is 3.69. The smallest absolute Gasteiger partial charge is 0.216 e. The number of ether oxygens (including phenoxy) is 3. The topological polar surface area (TPSA) is 53.5 Å². The molecule has 0 N–H and O–H groups in total. The quantitative estimate of drug-likeness (QED) is 0.747. The van der Waals surface area contributed by atoms with Gasteiger partial charge in [-0.05, 0) is 6.07 Å². The summed E-state index contributed by atoms with van der Waals surface area (Å²) in [5.41, 5.74) is 1.89. The molecule has 5 nitrogen and oxygen atoms in total. The van der Waals surface area contributed by atoms with Crippen LogP contribution < -0.4 is 14.2 Å². The molecule has 0 radical (unpaired) electrons. The number of hydrogen-bond acceptors (Lipinski definition) is 5. The molecular formula is C15H17BrN2O3. The Hall–Kier alpha value is -1.82. The molecule has 0 saturated heterocycles. The van der Waals surface area contributed by atoms with Gasteiger partial charge in [-0.3, -0.25) is 0 Å². The number of para-hydroxylation sites is 1. The molecular weight excluding hydrogens is 336 g/mol. The van der Waals surface area contributed by atoms with Gasteiger partial charge in [0.25, 0.3) is 0 Å². The summed E-state index contributed by atoms with van der Waals surface area (Å²) in [6, 6.07) is 7.63. The van der Waals surface area contributed by atoms with Crippen LogP contribution in [0.1, 0.15) is 16.1 Å². The average Bonchev–Trinajstić information content (AvgIpc) is 2.53. The third-order valence-electron chi connectivity index (χ3n) is 3.07. The van der Waals surface area contributed by atoms with Crippen molar-refractivity contribution in [3.05, 3.63) is 41.9 Å². The molecule has 2 aromatic rings. The third-order valence-corrected chi connectivity index (χ3v) is 3.88. The highest BCUT2D eigenvalue weighted by Gasteiger charge is 2.18. The van der Waals surface area contributed by atoms with Crippen LogP contribution in [0.5, 0.6) is 17.4 Å². The molecule has 0 fully saturated rings. The second kappa shape index (κ2) is 7.26. The van der Waals surface area contributed by atoms with E-state index in [1.54, 1.807) is 21.3 Å². The standard InChI is InChI=1S/C15H17BrN2O3/c1-19-13-6-4-5-11(15(13)21-3)12(16)7-10-8-14(20-2)18-9-17-10/h4-6,8-9,12H,7H2,1-3H3. The van der Waals surface area contributed by atoms with Crippen molar-refractivity contribution in [3.8, 4) is 17.4 Å². The summed E-state index contributed by atoms with van der Waals surface area (Å²) in [5.74, 6) is 1.99. The first kappa shape index (κ1) is 15.6. The monoisotopic (exact) mass is 352 g/mol. The largest absolute Gasteiger partial charge is 0.493 e. The molecule has 0 spiro atoms. The lowest BCUT2D eigenvalue weighted by atomic mass is 10.1. The van der Waals surface area contributed by atoms with Crippen LogP contribution in [0.2, 0.25) is 0 Å². The summed E-state index contributed by atoms with van der Waals surface area (Å²) in [7, 11) is 4.85. The molecule has 0 bridgehead atoms. The second-order valence-electron chi connectivity index (χ2n) is 4.31. The van der Waals surface area contributed by atoms with E-state index in [1.165, 1.54) is 6.33 Å². The summed E-state index contributed by atoms with van der Waals surface area (Å²) in [5, 5.41) is 0. The maximum atomic E-state index is 5.46. The molecule has 1 heterocycles. The van der Waals surface area contributed by atoms with Crippen molar-refractivity contribution in [2.24, 2.45) is 0 Å². The van der Waals surface area contributed by atoms with E-state index in [-0.39, 0.29) is 4.83 Å². The molecule has 6 heteroatoms. The average molecular weight is 353 g/mol. The van der Waals surface area contributed by atoms with Crippen LogP contribution in [-0.4, -0.2) is 31.3 Å². The minimum absolute atomic E-state index is 0.0437. The van der Waals surface area contributed by atoms with E-state index in [4.69, 9.17) is 14.2 Å².